The minimum atomic E-state index is -1.06. The lowest BCUT2D eigenvalue weighted by molar-refractivity contribution is -0.136. The predicted molar refractivity (Wildman–Crippen MR) is 112 cm³/mol. The summed E-state index contributed by atoms with van der Waals surface area (Å²) >= 11 is 6.20. The highest BCUT2D eigenvalue weighted by molar-refractivity contribution is 6.32. The van der Waals surface area contributed by atoms with Crippen LogP contribution in [-0.4, -0.2) is 37.2 Å². The number of hydrogen-bond donors (Lipinski definition) is 1. The molecule has 0 atom stereocenters. The van der Waals surface area contributed by atoms with Gasteiger partial charge in [0.25, 0.3) is 5.91 Å². The normalized spacial score (nSPS) is 15.0. The van der Waals surface area contributed by atoms with E-state index < -0.39 is 17.8 Å². The Morgan fingerprint density at radius 2 is 1.77 bits per heavy atom. The first kappa shape index (κ1) is 21.1. The molecule has 0 saturated heterocycles. The molecule has 154 valence electrons. The Morgan fingerprint density at radius 3 is 2.30 bits per heavy atom. The van der Waals surface area contributed by atoms with Gasteiger partial charge in [-0.1, -0.05) is 23.7 Å². The van der Waals surface area contributed by atoms with Gasteiger partial charge < -0.3 is 14.6 Å². The molecule has 7 nitrogen and oxygen atoms in total. The van der Waals surface area contributed by atoms with Crippen molar-refractivity contribution in [3.8, 4) is 5.75 Å². The van der Waals surface area contributed by atoms with Crippen LogP contribution in [0.5, 0.6) is 5.75 Å². The number of amides is 1. The second-order valence-electron chi connectivity index (χ2n) is 6.40. The van der Waals surface area contributed by atoms with E-state index in [1.54, 1.807) is 37.3 Å². The number of carbonyl (C=O) groups excluding carboxylic acids is 2. The Hall–Kier alpha value is -3.58. The lowest BCUT2D eigenvalue weighted by atomic mass is 10.0. The molecule has 0 bridgehead atoms. The van der Waals surface area contributed by atoms with E-state index in [4.69, 9.17) is 26.2 Å². The van der Waals surface area contributed by atoms with E-state index in [1.807, 2.05) is 0 Å². The summed E-state index contributed by atoms with van der Waals surface area (Å²) in [6.07, 6.45) is 1.52. The number of rotatable bonds is 5. The molecule has 30 heavy (non-hydrogen) atoms. The average molecular weight is 428 g/mol. The van der Waals surface area contributed by atoms with Crippen LogP contribution in [0.2, 0.25) is 5.02 Å². The lowest BCUT2D eigenvalue weighted by Crippen LogP contribution is -2.24. The number of carbonyl (C=O) groups is 3. The number of anilines is 1. The van der Waals surface area contributed by atoms with Gasteiger partial charge in [0.1, 0.15) is 5.75 Å². The van der Waals surface area contributed by atoms with Crippen molar-refractivity contribution >= 4 is 41.2 Å². The third-order valence-electron chi connectivity index (χ3n) is 4.65. The van der Waals surface area contributed by atoms with Crippen LogP contribution in [-0.2, 0) is 14.3 Å². The second kappa shape index (κ2) is 8.42. The summed E-state index contributed by atoms with van der Waals surface area (Å²) in [6, 6.07) is 10.8. The molecule has 0 aliphatic carbocycles. The van der Waals surface area contributed by atoms with Crippen molar-refractivity contribution < 1.29 is 29.0 Å². The Morgan fingerprint density at radius 1 is 1.10 bits per heavy atom. The number of nitrogens with zero attached hydrogens (tertiary/aromatic N) is 1. The van der Waals surface area contributed by atoms with Gasteiger partial charge in [0.2, 0.25) is 0 Å². The van der Waals surface area contributed by atoms with Gasteiger partial charge in [0.15, 0.2) is 0 Å². The molecule has 0 radical (unpaired) electrons. The van der Waals surface area contributed by atoms with E-state index in [-0.39, 0.29) is 16.7 Å². The Kier molecular flexibility index (Phi) is 5.94. The molecule has 0 aromatic heterocycles. The smallest absolute Gasteiger partial charge is 0.340 e. The molecule has 1 aliphatic heterocycles. The summed E-state index contributed by atoms with van der Waals surface area (Å²) < 4.78 is 10.0. The van der Waals surface area contributed by atoms with Gasteiger partial charge in [-0.2, -0.15) is 0 Å². The number of allylic oxidation sites excluding steroid dienone is 1. The van der Waals surface area contributed by atoms with Gasteiger partial charge in [-0.3, -0.25) is 9.69 Å². The number of methoxy groups -OCH3 is 2. The third-order valence-corrected chi connectivity index (χ3v) is 4.95. The topological polar surface area (TPSA) is 93.1 Å². The monoisotopic (exact) mass is 427 g/mol. The Balaban J connectivity index is 2.09. The van der Waals surface area contributed by atoms with Crippen molar-refractivity contribution in [2.75, 3.05) is 19.1 Å². The van der Waals surface area contributed by atoms with E-state index >= 15 is 0 Å². The molecule has 8 heteroatoms. The predicted octanol–water partition coefficient (Wildman–Crippen LogP) is 3.92. The number of hydrogen-bond acceptors (Lipinski definition) is 5. The zero-order valence-corrected chi connectivity index (χ0v) is 17.2. The number of benzene rings is 2. The number of aromatic carboxylic acids is 1. The largest absolute Gasteiger partial charge is 0.495 e. The van der Waals surface area contributed by atoms with Gasteiger partial charge >= 0.3 is 11.9 Å². The lowest BCUT2D eigenvalue weighted by Gasteiger charge is -2.19. The van der Waals surface area contributed by atoms with E-state index in [0.29, 0.717) is 27.7 Å². The number of esters is 1. The quantitative estimate of drug-likeness (QED) is 0.574. The van der Waals surface area contributed by atoms with Crippen LogP contribution in [0.15, 0.2) is 59.3 Å². The Bertz CT molecular complexity index is 1100. The fourth-order valence-electron chi connectivity index (χ4n) is 3.17. The molecule has 1 heterocycles. The molecular formula is C22H18ClNO6. The molecule has 3 rings (SSSR count). The fourth-order valence-corrected chi connectivity index (χ4v) is 3.43. The van der Waals surface area contributed by atoms with Gasteiger partial charge in [0, 0.05) is 5.70 Å². The summed E-state index contributed by atoms with van der Waals surface area (Å²) in [5, 5.41) is 9.36. The molecule has 1 amide bonds. The van der Waals surface area contributed by atoms with Crippen LogP contribution < -0.4 is 9.64 Å². The van der Waals surface area contributed by atoms with Crippen LogP contribution >= 0.6 is 11.6 Å². The molecular weight excluding hydrogens is 410 g/mol. The summed E-state index contributed by atoms with van der Waals surface area (Å²) in [4.78, 5) is 38.1. The highest BCUT2D eigenvalue weighted by Crippen LogP contribution is 2.38. The van der Waals surface area contributed by atoms with Crippen molar-refractivity contribution in [3.63, 3.8) is 0 Å². The van der Waals surface area contributed by atoms with E-state index in [2.05, 4.69) is 0 Å². The third kappa shape index (κ3) is 3.79. The van der Waals surface area contributed by atoms with Crippen molar-refractivity contribution in [3.05, 3.63) is 75.5 Å². The zero-order valence-electron chi connectivity index (χ0n) is 16.4. The summed E-state index contributed by atoms with van der Waals surface area (Å²) in [6.45, 7) is 1.64. The van der Waals surface area contributed by atoms with Gasteiger partial charge in [-0.05, 0) is 48.9 Å². The van der Waals surface area contributed by atoms with Crippen molar-refractivity contribution in [1.82, 2.24) is 0 Å². The van der Waals surface area contributed by atoms with Gasteiger partial charge in [-0.15, -0.1) is 0 Å². The van der Waals surface area contributed by atoms with Crippen molar-refractivity contribution in [2.24, 2.45) is 0 Å². The van der Waals surface area contributed by atoms with Gasteiger partial charge in [0.05, 0.1) is 41.6 Å². The molecule has 2 aromatic carbocycles. The number of halogens is 1. The molecule has 0 unspecified atom stereocenters. The van der Waals surface area contributed by atoms with Crippen LogP contribution in [0, 0.1) is 0 Å². The highest BCUT2D eigenvalue weighted by Gasteiger charge is 2.38. The summed E-state index contributed by atoms with van der Waals surface area (Å²) in [5.74, 6) is -1.69. The minimum absolute atomic E-state index is 0.115. The maximum atomic E-state index is 13.2. The highest BCUT2D eigenvalue weighted by atomic mass is 35.5. The molecule has 0 saturated carbocycles. The van der Waals surface area contributed by atoms with Crippen LogP contribution in [0.1, 0.15) is 22.8 Å². The first-order valence-electron chi connectivity index (χ1n) is 8.81. The van der Waals surface area contributed by atoms with E-state index in [0.717, 1.165) is 0 Å². The first-order valence-corrected chi connectivity index (χ1v) is 9.19. The van der Waals surface area contributed by atoms with E-state index in [1.165, 1.54) is 37.3 Å². The van der Waals surface area contributed by atoms with E-state index in [9.17, 15) is 14.4 Å². The number of carboxylic acid groups (broad SMARTS) is 1. The van der Waals surface area contributed by atoms with Crippen LogP contribution in [0.25, 0.3) is 6.08 Å². The first-order chi connectivity index (χ1) is 14.3. The summed E-state index contributed by atoms with van der Waals surface area (Å²) in [7, 11) is 2.72. The van der Waals surface area contributed by atoms with Crippen LogP contribution in [0.3, 0.4) is 0 Å². The number of carboxylic acids is 1. The average Bonchev–Trinajstić information content (AvgIpc) is 2.97. The zero-order chi connectivity index (χ0) is 22.0. The maximum Gasteiger partial charge on any atom is 0.340 e. The molecule has 1 aliphatic rings. The van der Waals surface area contributed by atoms with Crippen molar-refractivity contribution in [2.45, 2.75) is 6.92 Å². The SMILES string of the molecule is COC(=O)C1=C(C)N(c2ccc(OC)c(Cl)c2)C(=O)/C1=C\c1ccc(C(=O)O)cc1. The molecule has 0 spiro atoms. The fraction of sp³-hybridized carbons (Fsp3) is 0.136. The molecule has 0 fully saturated rings. The maximum absolute atomic E-state index is 13.2. The Labute approximate surface area is 177 Å². The van der Waals surface area contributed by atoms with Crippen molar-refractivity contribution in [1.29, 1.82) is 0 Å². The summed E-state index contributed by atoms with van der Waals surface area (Å²) in [5.41, 5.74) is 1.79. The standard InChI is InChI=1S/C22H18ClNO6/c1-12-19(22(28)30-3)16(10-13-4-6-14(7-5-13)21(26)27)20(25)24(12)15-8-9-18(29-2)17(23)11-15/h4-11H,1-3H3,(H,26,27)/b16-10-. The van der Waals surface area contributed by atoms with Gasteiger partial charge in [-0.25, -0.2) is 9.59 Å². The minimum Gasteiger partial charge on any atom is -0.495 e. The molecule has 2 aromatic rings. The second-order valence-corrected chi connectivity index (χ2v) is 6.80. The van der Waals surface area contributed by atoms with Crippen LogP contribution in [0.4, 0.5) is 5.69 Å². The molecule has 1 N–H and O–H groups in total. The number of ether oxygens (including phenoxy) is 2.